The van der Waals surface area contributed by atoms with Crippen molar-refractivity contribution in [3.8, 4) is 0 Å². The van der Waals surface area contributed by atoms with E-state index in [1.807, 2.05) is 25.1 Å². The number of rotatable bonds is 6. The van der Waals surface area contributed by atoms with Gasteiger partial charge in [0.05, 0.1) is 6.33 Å². The van der Waals surface area contributed by atoms with Gasteiger partial charge in [0.25, 0.3) is 17.7 Å². The first-order valence-corrected chi connectivity index (χ1v) is 9.09. The number of amides is 3. The lowest BCUT2D eigenvalue weighted by Gasteiger charge is -2.10. The Kier molecular flexibility index (Phi) is 6.03. The first kappa shape index (κ1) is 19.8. The number of benzene rings is 2. The Morgan fingerprint density at radius 1 is 0.897 bits per heavy atom. The van der Waals surface area contributed by atoms with E-state index in [0.717, 1.165) is 12.0 Å². The second kappa shape index (κ2) is 8.83. The number of nitrogens with zero attached hydrogens (tertiary/aromatic N) is 1. The van der Waals surface area contributed by atoms with Crippen LogP contribution in [0.1, 0.15) is 43.8 Å². The third-order valence-electron chi connectivity index (χ3n) is 4.35. The number of aromatic amines is 1. The normalized spacial score (nSPS) is 10.3. The van der Waals surface area contributed by atoms with E-state index < -0.39 is 11.8 Å². The van der Waals surface area contributed by atoms with Crippen molar-refractivity contribution in [1.82, 2.24) is 15.3 Å². The number of anilines is 2. The number of H-pyrrole nitrogens is 1. The number of aromatic nitrogens is 2. The van der Waals surface area contributed by atoms with E-state index in [1.54, 1.807) is 30.3 Å². The second-order valence-corrected chi connectivity index (χ2v) is 6.20. The largest absolute Gasteiger partial charge is 0.354 e. The van der Waals surface area contributed by atoms with Crippen molar-refractivity contribution in [2.75, 3.05) is 17.7 Å². The zero-order chi connectivity index (χ0) is 20.8. The SMILES string of the molecule is CCc1ccccc1C(=O)Nc1ccc(NC(=O)c2nc[nH]c2C(=O)NC)cc1. The molecule has 0 aliphatic heterocycles. The Morgan fingerprint density at radius 3 is 2.14 bits per heavy atom. The summed E-state index contributed by atoms with van der Waals surface area (Å²) in [6.07, 6.45) is 2.05. The summed E-state index contributed by atoms with van der Waals surface area (Å²) < 4.78 is 0. The number of carbonyl (C=O) groups is 3. The minimum atomic E-state index is -0.515. The molecule has 0 aliphatic rings. The average Bonchev–Trinajstić information content (AvgIpc) is 3.24. The molecule has 0 fully saturated rings. The molecule has 29 heavy (non-hydrogen) atoms. The molecule has 8 nitrogen and oxygen atoms in total. The first-order valence-electron chi connectivity index (χ1n) is 9.09. The van der Waals surface area contributed by atoms with Crippen molar-refractivity contribution in [3.05, 3.63) is 77.4 Å². The smallest absolute Gasteiger partial charge is 0.276 e. The van der Waals surface area contributed by atoms with Gasteiger partial charge in [0.1, 0.15) is 5.69 Å². The monoisotopic (exact) mass is 391 g/mol. The Morgan fingerprint density at radius 2 is 1.52 bits per heavy atom. The molecule has 0 bridgehead atoms. The minimum absolute atomic E-state index is 0.00194. The van der Waals surface area contributed by atoms with Gasteiger partial charge in [-0.25, -0.2) is 4.98 Å². The molecule has 0 saturated carbocycles. The van der Waals surface area contributed by atoms with Gasteiger partial charge in [-0.05, 0) is 42.3 Å². The molecule has 0 spiro atoms. The summed E-state index contributed by atoms with van der Waals surface area (Å²) in [5.74, 6) is -1.14. The van der Waals surface area contributed by atoms with Crippen LogP contribution in [0.4, 0.5) is 11.4 Å². The lowest BCUT2D eigenvalue weighted by molar-refractivity contribution is 0.0943. The molecular formula is C21H21N5O3. The number of hydrogen-bond acceptors (Lipinski definition) is 4. The summed E-state index contributed by atoms with van der Waals surface area (Å²) in [6.45, 7) is 2.00. The molecule has 1 aromatic heterocycles. The van der Waals surface area contributed by atoms with Gasteiger partial charge in [0.2, 0.25) is 0 Å². The molecule has 8 heteroatoms. The third-order valence-corrected chi connectivity index (χ3v) is 4.35. The van der Waals surface area contributed by atoms with Crippen molar-refractivity contribution in [2.45, 2.75) is 13.3 Å². The third kappa shape index (κ3) is 4.49. The van der Waals surface area contributed by atoms with Gasteiger partial charge in [0.15, 0.2) is 5.69 Å². The van der Waals surface area contributed by atoms with Gasteiger partial charge in [-0.15, -0.1) is 0 Å². The van der Waals surface area contributed by atoms with Crippen molar-refractivity contribution in [3.63, 3.8) is 0 Å². The summed E-state index contributed by atoms with van der Waals surface area (Å²) in [6, 6.07) is 14.1. The van der Waals surface area contributed by atoms with Gasteiger partial charge in [0, 0.05) is 24.0 Å². The van der Waals surface area contributed by atoms with Crippen LogP contribution in [0.15, 0.2) is 54.9 Å². The van der Waals surface area contributed by atoms with E-state index in [-0.39, 0.29) is 17.3 Å². The molecule has 3 aromatic rings. The van der Waals surface area contributed by atoms with E-state index in [4.69, 9.17) is 0 Å². The quantitative estimate of drug-likeness (QED) is 0.517. The number of carbonyl (C=O) groups excluding carboxylic acids is 3. The van der Waals surface area contributed by atoms with E-state index in [2.05, 4.69) is 25.9 Å². The van der Waals surface area contributed by atoms with Crippen LogP contribution >= 0.6 is 0 Å². The molecule has 3 rings (SSSR count). The summed E-state index contributed by atoms with van der Waals surface area (Å²) in [5.41, 5.74) is 2.80. The maximum absolute atomic E-state index is 12.5. The van der Waals surface area contributed by atoms with Gasteiger partial charge < -0.3 is 20.9 Å². The lowest BCUT2D eigenvalue weighted by atomic mass is 10.0. The summed E-state index contributed by atoms with van der Waals surface area (Å²) in [7, 11) is 1.47. The standard InChI is InChI=1S/C21H21N5O3/c1-3-13-6-4-5-7-16(13)19(27)25-14-8-10-15(11-9-14)26-21(29)18-17(20(28)22-2)23-12-24-18/h4-12H,3H2,1-2H3,(H,22,28)(H,23,24)(H,25,27)(H,26,29). The minimum Gasteiger partial charge on any atom is -0.354 e. The van der Waals surface area contributed by atoms with Crippen LogP contribution in [0.3, 0.4) is 0 Å². The summed E-state index contributed by atoms with van der Waals surface area (Å²) >= 11 is 0. The first-order chi connectivity index (χ1) is 14.0. The topological polar surface area (TPSA) is 116 Å². The van der Waals surface area contributed by atoms with Crippen LogP contribution in [0, 0.1) is 0 Å². The second-order valence-electron chi connectivity index (χ2n) is 6.20. The van der Waals surface area contributed by atoms with Crippen molar-refractivity contribution < 1.29 is 14.4 Å². The summed E-state index contributed by atoms with van der Waals surface area (Å²) in [4.78, 5) is 43.2. The molecule has 4 N–H and O–H groups in total. The predicted octanol–water partition coefficient (Wildman–Crippen LogP) is 2.84. The van der Waals surface area contributed by atoms with Crippen molar-refractivity contribution >= 4 is 29.1 Å². The van der Waals surface area contributed by atoms with Crippen LogP contribution in [-0.4, -0.2) is 34.7 Å². The van der Waals surface area contributed by atoms with Gasteiger partial charge in [-0.2, -0.15) is 0 Å². The Hall–Kier alpha value is -3.94. The van der Waals surface area contributed by atoms with E-state index in [0.29, 0.717) is 16.9 Å². The number of aryl methyl sites for hydroxylation is 1. The molecule has 0 saturated heterocycles. The highest BCUT2D eigenvalue weighted by molar-refractivity contribution is 6.10. The number of imidazole rings is 1. The van der Waals surface area contributed by atoms with Crippen LogP contribution in [0.5, 0.6) is 0 Å². The molecule has 2 aromatic carbocycles. The van der Waals surface area contributed by atoms with E-state index in [1.165, 1.54) is 13.4 Å². The van der Waals surface area contributed by atoms with Gasteiger partial charge in [-0.1, -0.05) is 25.1 Å². The highest BCUT2D eigenvalue weighted by Gasteiger charge is 2.19. The molecule has 0 radical (unpaired) electrons. The zero-order valence-corrected chi connectivity index (χ0v) is 16.1. The van der Waals surface area contributed by atoms with Crippen molar-refractivity contribution in [2.24, 2.45) is 0 Å². The fourth-order valence-electron chi connectivity index (χ4n) is 2.84. The van der Waals surface area contributed by atoms with Gasteiger partial charge in [-0.3, -0.25) is 14.4 Å². The molecule has 0 unspecified atom stereocenters. The molecule has 0 atom stereocenters. The Bertz CT molecular complexity index is 1040. The molecule has 148 valence electrons. The zero-order valence-electron chi connectivity index (χ0n) is 16.1. The van der Waals surface area contributed by atoms with E-state index >= 15 is 0 Å². The molecule has 1 heterocycles. The number of nitrogens with one attached hydrogen (secondary N) is 4. The summed E-state index contributed by atoms with van der Waals surface area (Å²) in [5, 5.41) is 7.97. The molecule has 3 amide bonds. The maximum Gasteiger partial charge on any atom is 0.276 e. The van der Waals surface area contributed by atoms with Crippen LogP contribution < -0.4 is 16.0 Å². The lowest BCUT2D eigenvalue weighted by Crippen LogP contribution is -2.23. The van der Waals surface area contributed by atoms with Gasteiger partial charge >= 0.3 is 0 Å². The Balaban J connectivity index is 1.68. The fourth-order valence-corrected chi connectivity index (χ4v) is 2.84. The van der Waals surface area contributed by atoms with Crippen LogP contribution in [-0.2, 0) is 6.42 Å². The average molecular weight is 391 g/mol. The maximum atomic E-state index is 12.5. The fraction of sp³-hybridized carbons (Fsp3) is 0.143. The van der Waals surface area contributed by atoms with Crippen molar-refractivity contribution in [1.29, 1.82) is 0 Å². The highest BCUT2D eigenvalue weighted by atomic mass is 16.2. The molecule has 0 aliphatic carbocycles. The molecular weight excluding hydrogens is 370 g/mol. The van der Waals surface area contributed by atoms with Crippen LogP contribution in [0.2, 0.25) is 0 Å². The predicted molar refractivity (Wildman–Crippen MR) is 110 cm³/mol. The Labute approximate surface area is 167 Å². The highest BCUT2D eigenvalue weighted by Crippen LogP contribution is 2.17. The van der Waals surface area contributed by atoms with E-state index in [9.17, 15) is 14.4 Å². The van der Waals surface area contributed by atoms with Crippen LogP contribution in [0.25, 0.3) is 0 Å². The number of hydrogen-bond donors (Lipinski definition) is 4.